The summed E-state index contributed by atoms with van der Waals surface area (Å²) in [6.45, 7) is -0.245. The predicted octanol–water partition coefficient (Wildman–Crippen LogP) is 3.69. The van der Waals surface area contributed by atoms with E-state index in [0.717, 1.165) is 11.6 Å². The van der Waals surface area contributed by atoms with Gasteiger partial charge >= 0.3 is 5.97 Å². The lowest BCUT2D eigenvalue weighted by atomic mass is 10.1. The zero-order chi connectivity index (χ0) is 21.9. The van der Waals surface area contributed by atoms with Crippen molar-refractivity contribution in [3.05, 3.63) is 77.6 Å². The van der Waals surface area contributed by atoms with Crippen LogP contribution in [0.4, 0.5) is 0 Å². The Labute approximate surface area is 174 Å². The van der Waals surface area contributed by atoms with Gasteiger partial charge in [-0.1, -0.05) is 30.4 Å². The molecular weight excluding hydrogens is 388 g/mol. The van der Waals surface area contributed by atoms with Gasteiger partial charge in [-0.25, -0.2) is 4.79 Å². The first kappa shape index (κ1) is 22.3. The Balaban J connectivity index is 2.01. The number of aliphatic hydroxyl groups is 1. The fraction of sp³-hybridized carbons (Fsp3) is 0.130. The first-order valence-electron chi connectivity index (χ1n) is 8.88. The second kappa shape index (κ2) is 11.1. The van der Waals surface area contributed by atoms with Crippen LogP contribution in [0.1, 0.15) is 11.1 Å². The van der Waals surface area contributed by atoms with Crippen molar-refractivity contribution in [2.75, 3.05) is 20.8 Å². The lowest BCUT2D eigenvalue weighted by Crippen LogP contribution is -2.12. The Bertz CT molecular complexity index is 970. The van der Waals surface area contributed by atoms with Crippen LogP contribution < -0.4 is 9.47 Å². The molecule has 30 heavy (non-hydrogen) atoms. The van der Waals surface area contributed by atoms with Crippen LogP contribution in [0.5, 0.6) is 17.2 Å². The van der Waals surface area contributed by atoms with Crippen LogP contribution in [0.25, 0.3) is 12.2 Å². The predicted molar refractivity (Wildman–Crippen MR) is 112 cm³/mol. The molecule has 0 atom stereocenters. The maximum absolute atomic E-state index is 11.9. The monoisotopic (exact) mass is 410 g/mol. The van der Waals surface area contributed by atoms with Crippen LogP contribution in [0.2, 0.25) is 0 Å². The Hall–Kier alpha value is -4.00. The molecule has 0 unspecified atom stereocenters. The van der Waals surface area contributed by atoms with Crippen molar-refractivity contribution in [3.63, 3.8) is 0 Å². The minimum atomic E-state index is -0.514. The summed E-state index contributed by atoms with van der Waals surface area (Å²) in [5, 5.41) is 19.2. The summed E-state index contributed by atoms with van der Waals surface area (Å²) >= 11 is 0. The van der Waals surface area contributed by atoms with Crippen molar-refractivity contribution < 1.29 is 34.0 Å². The van der Waals surface area contributed by atoms with Gasteiger partial charge in [0.25, 0.3) is 0 Å². The molecule has 0 saturated heterocycles. The summed E-state index contributed by atoms with van der Waals surface area (Å²) in [4.78, 5) is 23.1. The van der Waals surface area contributed by atoms with Gasteiger partial charge in [-0.2, -0.15) is 0 Å². The number of esters is 1. The molecule has 0 radical (unpaired) electrons. The third-order valence-corrected chi connectivity index (χ3v) is 3.83. The zero-order valence-electron chi connectivity index (χ0n) is 16.6. The molecule has 0 aliphatic carbocycles. The molecule has 0 aliphatic heterocycles. The van der Waals surface area contributed by atoms with Gasteiger partial charge < -0.3 is 24.4 Å². The number of phenolic OH excluding ortho intramolecular Hbond substituents is 1. The van der Waals surface area contributed by atoms with Crippen molar-refractivity contribution >= 4 is 23.9 Å². The maximum Gasteiger partial charge on any atom is 0.343 e. The number of aliphatic hydroxyl groups excluding tert-OH is 1. The normalized spacial score (nSPS) is 11.6. The molecule has 156 valence electrons. The largest absolute Gasteiger partial charge is 0.508 e. The number of hydrogen-bond donors (Lipinski definition) is 2. The number of hydrogen-bond acceptors (Lipinski definition) is 7. The lowest BCUT2D eigenvalue weighted by Gasteiger charge is -2.10. The molecule has 0 heterocycles. The maximum atomic E-state index is 11.9. The topological polar surface area (TPSA) is 102 Å². The number of carbonyl (C=O) groups is 2. The fourth-order valence-corrected chi connectivity index (χ4v) is 2.29. The van der Waals surface area contributed by atoms with Crippen LogP contribution in [0.3, 0.4) is 0 Å². The van der Waals surface area contributed by atoms with E-state index in [4.69, 9.17) is 9.47 Å². The quantitative estimate of drug-likeness (QED) is 0.281. The molecule has 7 nitrogen and oxygen atoms in total. The Morgan fingerprint density at radius 2 is 1.60 bits per heavy atom. The highest BCUT2D eigenvalue weighted by molar-refractivity contribution is 6.02. The van der Waals surface area contributed by atoms with Crippen molar-refractivity contribution in [2.24, 2.45) is 0 Å². The molecule has 0 aromatic heterocycles. The van der Waals surface area contributed by atoms with E-state index < -0.39 is 11.8 Å². The van der Waals surface area contributed by atoms with Gasteiger partial charge in [0, 0.05) is 6.08 Å². The molecule has 2 aromatic rings. The molecular formula is C23H22O7. The molecule has 2 aromatic carbocycles. The fourth-order valence-electron chi connectivity index (χ4n) is 2.29. The Morgan fingerprint density at radius 1 is 0.933 bits per heavy atom. The van der Waals surface area contributed by atoms with Gasteiger partial charge in [0.2, 0.25) is 0 Å². The van der Waals surface area contributed by atoms with Gasteiger partial charge in [0.1, 0.15) is 11.5 Å². The summed E-state index contributed by atoms with van der Waals surface area (Å²) in [6.07, 6.45) is 6.93. The number of carbonyl (C=O) groups excluding carboxylic acids is 2. The molecule has 2 rings (SSSR count). The van der Waals surface area contributed by atoms with Crippen LogP contribution >= 0.6 is 0 Å². The van der Waals surface area contributed by atoms with Gasteiger partial charge in [0.15, 0.2) is 23.9 Å². The van der Waals surface area contributed by atoms with Gasteiger partial charge in [-0.3, -0.25) is 4.79 Å². The molecule has 0 fully saturated rings. The number of allylic oxidation sites excluding steroid dienone is 3. The van der Waals surface area contributed by atoms with E-state index in [1.54, 1.807) is 42.5 Å². The van der Waals surface area contributed by atoms with Gasteiger partial charge in [-0.15, -0.1) is 0 Å². The van der Waals surface area contributed by atoms with E-state index in [-0.39, 0.29) is 18.1 Å². The standard InChI is InChI=1S/C23H22O7/c1-28-22-13-17(7-12-21(22)30-15-23(27)29-2)6-11-20(26)14-19(25)10-5-16-3-8-18(24)9-4-16/h3-14,24,26H,15H2,1-2H3/b10-5+,11-6+,20-14?. The third kappa shape index (κ3) is 7.20. The van der Waals surface area contributed by atoms with Crippen molar-refractivity contribution in [1.29, 1.82) is 0 Å². The molecule has 0 saturated carbocycles. The first-order valence-corrected chi connectivity index (χ1v) is 8.88. The highest BCUT2D eigenvalue weighted by Crippen LogP contribution is 2.28. The average Bonchev–Trinajstić information content (AvgIpc) is 2.75. The summed E-state index contributed by atoms with van der Waals surface area (Å²) in [6, 6.07) is 11.3. The Kier molecular flexibility index (Phi) is 8.26. The van der Waals surface area contributed by atoms with E-state index in [9.17, 15) is 19.8 Å². The second-order valence-corrected chi connectivity index (χ2v) is 6.00. The van der Waals surface area contributed by atoms with Gasteiger partial charge in [-0.05, 0) is 47.5 Å². The number of ether oxygens (including phenoxy) is 3. The number of ketones is 1. The first-order chi connectivity index (χ1) is 14.4. The Morgan fingerprint density at radius 3 is 2.27 bits per heavy atom. The van der Waals surface area contributed by atoms with Crippen LogP contribution in [0, 0.1) is 0 Å². The minimum absolute atomic E-state index is 0.140. The van der Waals surface area contributed by atoms with Crippen LogP contribution in [-0.4, -0.2) is 42.8 Å². The zero-order valence-corrected chi connectivity index (χ0v) is 16.6. The highest BCUT2D eigenvalue weighted by Gasteiger charge is 2.08. The minimum Gasteiger partial charge on any atom is -0.508 e. The van der Waals surface area contributed by atoms with E-state index in [2.05, 4.69) is 4.74 Å². The molecule has 0 aliphatic rings. The van der Waals surface area contributed by atoms with Crippen LogP contribution in [0.15, 0.2) is 66.5 Å². The average molecular weight is 410 g/mol. The number of methoxy groups -OCH3 is 2. The lowest BCUT2D eigenvalue weighted by molar-refractivity contribution is -0.142. The van der Waals surface area contributed by atoms with E-state index in [0.29, 0.717) is 17.1 Å². The third-order valence-electron chi connectivity index (χ3n) is 3.83. The molecule has 0 amide bonds. The van der Waals surface area contributed by atoms with E-state index in [1.807, 2.05) is 0 Å². The number of aromatic hydroxyl groups is 1. The van der Waals surface area contributed by atoms with Crippen molar-refractivity contribution in [3.8, 4) is 17.2 Å². The highest BCUT2D eigenvalue weighted by atomic mass is 16.6. The number of rotatable bonds is 9. The van der Waals surface area contributed by atoms with Crippen molar-refractivity contribution in [2.45, 2.75) is 0 Å². The second-order valence-electron chi connectivity index (χ2n) is 6.00. The number of phenols is 1. The SMILES string of the molecule is COC(=O)COc1ccc(/C=C/C(O)=CC(=O)/C=C/c2ccc(O)cc2)cc1OC. The summed E-state index contributed by atoms with van der Waals surface area (Å²) in [7, 11) is 2.73. The number of benzene rings is 2. The molecule has 0 spiro atoms. The smallest absolute Gasteiger partial charge is 0.343 e. The van der Waals surface area contributed by atoms with Crippen LogP contribution in [-0.2, 0) is 14.3 Å². The van der Waals surface area contributed by atoms with Gasteiger partial charge in [0.05, 0.1) is 14.2 Å². The molecule has 2 N–H and O–H groups in total. The molecule has 0 bridgehead atoms. The van der Waals surface area contributed by atoms with E-state index in [1.165, 1.54) is 38.5 Å². The van der Waals surface area contributed by atoms with E-state index >= 15 is 0 Å². The summed E-state index contributed by atoms with van der Waals surface area (Å²) in [5.74, 6) is -0.220. The molecule has 7 heteroatoms. The van der Waals surface area contributed by atoms with Crippen molar-refractivity contribution in [1.82, 2.24) is 0 Å². The summed E-state index contributed by atoms with van der Waals surface area (Å²) < 4.78 is 15.1. The summed E-state index contributed by atoms with van der Waals surface area (Å²) in [5.41, 5.74) is 1.43.